The molecule has 0 atom stereocenters. The minimum absolute atomic E-state index is 0.159. The van der Waals surface area contributed by atoms with Crippen molar-refractivity contribution < 1.29 is 9.90 Å². The Balaban J connectivity index is 2.04. The summed E-state index contributed by atoms with van der Waals surface area (Å²) in [6.45, 7) is 2.62. The van der Waals surface area contributed by atoms with Crippen molar-refractivity contribution in [1.29, 1.82) is 5.41 Å². The zero-order valence-corrected chi connectivity index (χ0v) is 16.0. The SMILES string of the molecule is C/C(CNc1ccccc1S)=C(\SC=N)C(=O)NCc1cccc(O)c1. The molecule has 136 valence electrons. The maximum absolute atomic E-state index is 12.5. The number of hydrogen-bond donors (Lipinski definition) is 5. The largest absolute Gasteiger partial charge is 0.508 e. The van der Waals surface area contributed by atoms with Crippen LogP contribution in [0.25, 0.3) is 0 Å². The molecule has 0 aliphatic heterocycles. The van der Waals surface area contributed by atoms with Crippen LogP contribution in [0.15, 0.2) is 63.9 Å². The maximum Gasteiger partial charge on any atom is 0.258 e. The summed E-state index contributed by atoms with van der Waals surface area (Å²) in [7, 11) is 0. The summed E-state index contributed by atoms with van der Waals surface area (Å²) < 4.78 is 0. The third-order valence-electron chi connectivity index (χ3n) is 3.58. The highest BCUT2D eigenvalue weighted by atomic mass is 32.2. The van der Waals surface area contributed by atoms with E-state index in [1.807, 2.05) is 37.3 Å². The summed E-state index contributed by atoms with van der Waals surface area (Å²) >= 11 is 5.47. The van der Waals surface area contributed by atoms with Gasteiger partial charge in [-0.3, -0.25) is 4.79 Å². The first-order chi connectivity index (χ1) is 12.5. The Kier molecular flexibility index (Phi) is 7.62. The third kappa shape index (κ3) is 5.86. The molecule has 7 heteroatoms. The summed E-state index contributed by atoms with van der Waals surface area (Å²) in [5.41, 5.74) is 3.65. The number of carbonyl (C=O) groups is 1. The van der Waals surface area contributed by atoms with E-state index in [1.165, 1.54) is 0 Å². The molecule has 0 saturated heterocycles. The lowest BCUT2D eigenvalue weighted by atomic mass is 10.2. The standard InChI is InChI=1S/C19H21N3O2S2/c1-13(10-21-16-7-2-3-8-17(16)25)18(26-12-20)19(24)22-11-14-5-4-6-15(23)9-14/h2-9,12,20-21,23,25H,10-11H2,1H3,(H,22,24)/b18-13+,20-12?. The van der Waals surface area contributed by atoms with Crippen LogP contribution in [-0.2, 0) is 11.3 Å². The molecule has 0 aliphatic rings. The van der Waals surface area contributed by atoms with Gasteiger partial charge in [0.25, 0.3) is 5.91 Å². The smallest absolute Gasteiger partial charge is 0.258 e. The molecule has 0 heterocycles. The molecule has 0 fully saturated rings. The first-order valence-corrected chi connectivity index (χ1v) is 9.27. The third-order valence-corrected chi connectivity index (χ3v) is 4.86. The van der Waals surface area contributed by atoms with Crippen LogP contribution in [0.2, 0.25) is 0 Å². The van der Waals surface area contributed by atoms with E-state index in [4.69, 9.17) is 5.41 Å². The van der Waals surface area contributed by atoms with Crippen molar-refractivity contribution in [3.05, 3.63) is 64.6 Å². The fraction of sp³-hybridized carbons (Fsp3) is 0.158. The highest BCUT2D eigenvalue weighted by Gasteiger charge is 2.13. The van der Waals surface area contributed by atoms with E-state index in [0.717, 1.165) is 39.0 Å². The second-order valence-corrected chi connectivity index (χ2v) is 6.93. The van der Waals surface area contributed by atoms with Crippen molar-refractivity contribution in [3.8, 4) is 5.75 Å². The van der Waals surface area contributed by atoms with Crippen LogP contribution in [0.1, 0.15) is 12.5 Å². The van der Waals surface area contributed by atoms with Crippen molar-refractivity contribution in [2.75, 3.05) is 11.9 Å². The van der Waals surface area contributed by atoms with E-state index in [2.05, 4.69) is 23.3 Å². The number of para-hydroxylation sites is 1. The summed E-state index contributed by atoms with van der Waals surface area (Å²) in [6, 6.07) is 14.4. The number of phenolic OH excluding ortho intramolecular Hbond substituents is 1. The van der Waals surface area contributed by atoms with Gasteiger partial charge in [-0.15, -0.1) is 12.6 Å². The Labute approximate surface area is 162 Å². The van der Waals surface area contributed by atoms with Crippen LogP contribution >= 0.6 is 24.4 Å². The number of carbonyl (C=O) groups excluding carboxylic acids is 1. The Hall–Kier alpha value is -2.38. The zero-order chi connectivity index (χ0) is 18.9. The zero-order valence-electron chi connectivity index (χ0n) is 14.3. The van der Waals surface area contributed by atoms with Crippen LogP contribution in [0, 0.1) is 5.41 Å². The summed E-state index contributed by atoms with van der Waals surface area (Å²) in [5.74, 6) is -0.0903. The minimum atomic E-state index is -0.250. The van der Waals surface area contributed by atoms with E-state index in [1.54, 1.807) is 18.2 Å². The van der Waals surface area contributed by atoms with Crippen molar-refractivity contribution >= 4 is 41.5 Å². The number of rotatable bonds is 8. The molecule has 5 nitrogen and oxygen atoms in total. The number of thiol groups is 1. The van der Waals surface area contributed by atoms with E-state index in [9.17, 15) is 9.90 Å². The number of amides is 1. The molecule has 0 bridgehead atoms. The fourth-order valence-corrected chi connectivity index (χ4v) is 3.08. The molecule has 1 amide bonds. The predicted molar refractivity (Wildman–Crippen MR) is 111 cm³/mol. The lowest BCUT2D eigenvalue weighted by molar-refractivity contribution is -0.117. The Morgan fingerprint density at radius 1 is 1.27 bits per heavy atom. The normalized spacial score (nSPS) is 11.5. The van der Waals surface area contributed by atoms with Gasteiger partial charge in [0.05, 0.1) is 10.5 Å². The fourth-order valence-electron chi connectivity index (χ4n) is 2.27. The summed E-state index contributed by atoms with van der Waals surface area (Å²) in [5, 5.41) is 22.9. The van der Waals surface area contributed by atoms with Crippen molar-refractivity contribution in [3.63, 3.8) is 0 Å². The molecule has 2 aromatic carbocycles. The Morgan fingerprint density at radius 2 is 2.04 bits per heavy atom. The highest BCUT2D eigenvalue weighted by molar-refractivity contribution is 8.16. The maximum atomic E-state index is 12.5. The first-order valence-electron chi connectivity index (χ1n) is 7.94. The molecule has 26 heavy (non-hydrogen) atoms. The monoisotopic (exact) mass is 387 g/mol. The van der Waals surface area contributed by atoms with Gasteiger partial charge in [0.1, 0.15) is 5.75 Å². The molecular formula is C19H21N3O2S2. The molecule has 4 N–H and O–H groups in total. The van der Waals surface area contributed by atoms with E-state index in [0.29, 0.717) is 18.0 Å². The molecular weight excluding hydrogens is 366 g/mol. The van der Waals surface area contributed by atoms with Gasteiger partial charge < -0.3 is 21.1 Å². The number of anilines is 1. The summed E-state index contributed by atoms with van der Waals surface area (Å²) in [6.07, 6.45) is 0. The number of aromatic hydroxyl groups is 1. The van der Waals surface area contributed by atoms with Crippen LogP contribution in [0.5, 0.6) is 5.75 Å². The van der Waals surface area contributed by atoms with Crippen LogP contribution in [0.4, 0.5) is 5.69 Å². The van der Waals surface area contributed by atoms with Gasteiger partial charge in [0, 0.05) is 23.7 Å². The van der Waals surface area contributed by atoms with Crippen molar-refractivity contribution in [1.82, 2.24) is 5.32 Å². The van der Waals surface area contributed by atoms with Crippen molar-refractivity contribution in [2.45, 2.75) is 18.4 Å². The molecule has 0 radical (unpaired) electrons. The van der Waals surface area contributed by atoms with Gasteiger partial charge in [-0.2, -0.15) is 0 Å². The van der Waals surface area contributed by atoms with Gasteiger partial charge in [0.15, 0.2) is 0 Å². The average Bonchev–Trinajstić information content (AvgIpc) is 2.63. The van der Waals surface area contributed by atoms with E-state index in [-0.39, 0.29) is 11.7 Å². The number of hydrogen-bond acceptors (Lipinski definition) is 6. The first kappa shape index (κ1) is 19.9. The van der Waals surface area contributed by atoms with Gasteiger partial charge in [-0.1, -0.05) is 36.0 Å². The van der Waals surface area contributed by atoms with Gasteiger partial charge in [-0.25, -0.2) is 0 Å². The topological polar surface area (TPSA) is 85.2 Å². The quantitative estimate of drug-likeness (QED) is 0.205. The average molecular weight is 388 g/mol. The van der Waals surface area contributed by atoms with Crippen LogP contribution in [-0.4, -0.2) is 23.1 Å². The predicted octanol–water partition coefficient (Wildman–Crippen LogP) is 4.02. The van der Waals surface area contributed by atoms with Gasteiger partial charge in [-0.05, 0) is 42.3 Å². The molecule has 0 aromatic heterocycles. The van der Waals surface area contributed by atoms with Crippen molar-refractivity contribution in [2.24, 2.45) is 0 Å². The Morgan fingerprint density at radius 3 is 2.73 bits per heavy atom. The van der Waals surface area contributed by atoms with Gasteiger partial charge in [0.2, 0.25) is 0 Å². The molecule has 0 saturated carbocycles. The second kappa shape index (κ2) is 9.94. The molecule has 2 rings (SSSR count). The molecule has 0 aliphatic carbocycles. The number of nitrogens with one attached hydrogen (secondary N) is 3. The van der Waals surface area contributed by atoms with Crippen LogP contribution in [0.3, 0.4) is 0 Å². The molecule has 2 aromatic rings. The second-order valence-electron chi connectivity index (χ2n) is 5.57. The number of phenols is 1. The highest BCUT2D eigenvalue weighted by Crippen LogP contribution is 2.22. The minimum Gasteiger partial charge on any atom is -0.508 e. The van der Waals surface area contributed by atoms with E-state index >= 15 is 0 Å². The van der Waals surface area contributed by atoms with E-state index < -0.39 is 0 Å². The lowest BCUT2D eigenvalue weighted by Gasteiger charge is -2.13. The summed E-state index contributed by atoms with van der Waals surface area (Å²) in [4.78, 5) is 13.8. The van der Waals surface area contributed by atoms with Gasteiger partial charge >= 0.3 is 0 Å². The number of thioether (sulfide) groups is 1. The Bertz CT molecular complexity index is 822. The lowest BCUT2D eigenvalue weighted by Crippen LogP contribution is -2.25. The molecule has 0 unspecified atom stereocenters. The van der Waals surface area contributed by atoms with Crippen LogP contribution < -0.4 is 10.6 Å². The number of benzene rings is 2. The molecule has 0 spiro atoms.